The van der Waals surface area contributed by atoms with E-state index < -0.39 is 0 Å². The molecular weight excluding hydrogens is 200 g/mol. The van der Waals surface area contributed by atoms with Crippen molar-refractivity contribution in [1.29, 1.82) is 0 Å². The summed E-state index contributed by atoms with van der Waals surface area (Å²) in [6.07, 6.45) is 0. The molecular formula is C13H14N2O. The molecule has 0 aromatic heterocycles. The molecule has 82 valence electrons. The van der Waals surface area contributed by atoms with Gasteiger partial charge in [-0.15, -0.1) is 0 Å². The number of rotatable bonds is 2. The molecule has 16 heavy (non-hydrogen) atoms. The highest BCUT2D eigenvalue weighted by atomic mass is 16.3. The van der Waals surface area contributed by atoms with Crippen LogP contribution in [-0.4, -0.2) is 5.11 Å². The van der Waals surface area contributed by atoms with Gasteiger partial charge in [0, 0.05) is 11.4 Å². The summed E-state index contributed by atoms with van der Waals surface area (Å²) >= 11 is 0. The van der Waals surface area contributed by atoms with Gasteiger partial charge < -0.3 is 16.6 Å². The number of nitrogen functional groups attached to an aromatic ring is 2. The summed E-state index contributed by atoms with van der Waals surface area (Å²) < 4.78 is 0. The molecule has 0 aliphatic carbocycles. The number of aliphatic hydroxyl groups excluding tert-OH is 1. The van der Waals surface area contributed by atoms with Crippen LogP contribution in [0.2, 0.25) is 0 Å². The van der Waals surface area contributed by atoms with Gasteiger partial charge in [-0.2, -0.15) is 0 Å². The molecule has 0 saturated carbocycles. The van der Waals surface area contributed by atoms with E-state index in [1.165, 1.54) is 0 Å². The maximum atomic E-state index is 9.29. The van der Waals surface area contributed by atoms with E-state index in [9.17, 15) is 5.11 Å². The summed E-state index contributed by atoms with van der Waals surface area (Å²) in [4.78, 5) is 0. The topological polar surface area (TPSA) is 72.3 Å². The zero-order chi connectivity index (χ0) is 11.5. The maximum absolute atomic E-state index is 9.29. The lowest BCUT2D eigenvalue weighted by molar-refractivity contribution is 0.282. The van der Waals surface area contributed by atoms with Gasteiger partial charge in [0.1, 0.15) is 0 Å². The molecule has 0 spiro atoms. The largest absolute Gasteiger partial charge is 0.399 e. The van der Waals surface area contributed by atoms with Crippen LogP contribution in [0, 0.1) is 0 Å². The second-order valence-corrected chi connectivity index (χ2v) is 3.70. The number of benzene rings is 2. The zero-order valence-corrected chi connectivity index (χ0v) is 8.85. The second kappa shape index (κ2) is 4.24. The fraction of sp³-hybridized carbons (Fsp3) is 0.0769. The van der Waals surface area contributed by atoms with Gasteiger partial charge in [-0.25, -0.2) is 0 Å². The van der Waals surface area contributed by atoms with Crippen molar-refractivity contribution in [1.82, 2.24) is 0 Å². The van der Waals surface area contributed by atoms with Crippen LogP contribution in [0.25, 0.3) is 11.1 Å². The number of aliphatic hydroxyl groups is 1. The third-order valence-corrected chi connectivity index (χ3v) is 2.50. The maximum Gasteiger partial charge on any atom is 0.0688 e. The fourth-order valence-corrected chi connectivity index (χ4v) is 1.73. The zero-order valence-electron chi connectivity index (χ0n) is 8.85. The molecule has 0 amide bonds. The third-order valence-electron chi connectivity index (χ3n) is 2.50. The average molecular weight is 214 g/mol. The van der Waals surface area contributed by atoms with Crippen molar-refractivity contribution in [3.05, 3.63) is 48.0 Å². The number of nitrogens with two attached hydrogens (primary N) is 2. The standard InChI is InChI=1S/C13H14N2O/c14-11-3-1-2-9(6-11)13-5-4-12(15)7-10(13)8-16/h1-7,16H,8,14-15H2. The van der Waals surface area contributed by atoms with Crippen LogP contribution in [0.15, 0.2) is 42.5 Å². The first-order valence-corrected chi connectivity index (χ1v) is 5.06. The lowest BCUT2D eigenvalue weighted by atomic mass is 9.99. The molecule has 0 radical (unpaired) electrons. The van der Waals surface area contributed by atoms with E-state index >= 15 is 0 Å². The van der Waals surface area contributed by atoms with Crippen molar-refractivity contribution in [2.45, 2.75) is 6.61 Å². The molecule has 3 heteroatoms. The van der Waals surface area contributed by atoms with Gasteiger partial charge in [0.2, 0.25) is 0 Å². The van der Waals surface area contributed by atoms with Gasteiger partial charge in [-0.1, -0.05) is 18.2 Å². The molecule has 3 nitrogen and oxygen atoms in total. The van der Waals surface area contributed by atoms with Crippen molar-refractivity contribution in [3.8, 4) is 11.1 Å². The Morgan fingerprint density at radius 1 is 0.938 bits per heavy atom. The normalized spacial score (nSPS) is 10.3. The van der Waals surface area contributed by atoms with E-state index in [0.29, 0.717) is 11.4 Å². The van der Waals surface area contributed by atoms with Crippen LogP contribution >= 0.6 is 0 Å². The SMILES string of the molecule is Nc1cccc(-c2ccc(N)cc2CO)c1. The average Bonchev–Trinajstić information content (AvgIpc) is 2.28. The molecule has 5 N–H and O–H groups in total. The molecule has 2 rings (SSSR count). The Kier molecular flexibility index (Phi) is 2.79. The van der Waals surface area contributed by atoms with E-state index in [2.05, 4.69) is 0 Å². The Labute approximate surface area is 94.3 Å². The van der Waals surface area contributed by atoms with Crippen molar-refractivity contribution < 1.29 is 5.11 Å². The van der Waals surface area contributed by atoms with Crippen LogP contribution in [0.5, 0.6) is 0 Å². The third kappa shape index (κ3) is 1.99. The van der Waals surface area contributed by atoms with Crippen LogP contribution in [-0.2, 0) is 6.61 Å². The van der Waals surface area contributed by atoms with Crippen LogP contribution in [0.3, 0.4) is 0 Å². The highest BCUT2D eigenvalue weighted by Crippen LogP contribution is 2.26. The summed E-state index contributed by atoms with van der Waals surface area (Å²) in [7, 11) is 0. The summed E-state index contributed by atoms with van der Waals surface area (Å²) in [6.45, 7) is -0.0326. The van der Waals surface area contributed by atoms with E-state index in [1.807, 2.05) is 36.4 Å². The lowest BCUT2D eigenvalue weighted by Gasteiger charge is -2.09. The Hall–Kier alpha value is -2.00. The minimum absolute atomic E-state index is 0.0326. The van der Waals surface area contributed by atoms with Crippen LogP contribution in [0.1, 0.15) is 5.56 Å². The lowest BCUT2D eigenvalue weighted by Crippen LogP contribution is -1.93. The van der Waals surface area contributed by atoms with Gasteiger partial charge in [-0.05, 0) is 41.0 Å². The molecule has 0 atom stereocenters. The Morgan fingerprint density at radius 2 is 1.69 bits per heavy atom. The smallest absolute Gasteiger partial charge is 0.0688 e. The molecule has 0 saturated heterocycles. The second-order valence-electron chi connectivity index (χ2n) is 3.70. The summed E-state index contributed by atoms with van der Waals surface area (Å²) in [5, 5.41) is 9.29. The number of hydrogen-bond acceptors (Lipinski definition) is 3. The fourth-order valence-electron chi connectivity index (χ4n) is 1.73. The molecule has 0 aliphatic rings. The first kappa shape index (κ1) is 10.5. The molecule has 0 unspecified atom stereocenters. The minimum atomic E-state index is -0.0326. The highest BCUT2D eigenvalue weighted by Gasteiger charge is 2.04. The minimum Gasteiger partial charge on any atom is -0.399 e. The molecule has 2 aromatic carbocycles. The van der Waals surface area contributed by atoms with Crippen molar-refractivity contribution in [3.63, 3.8) is 0 Å². The molecule has 0 heterocycles. The van der Waals surface area contributed by atoms with Crippen molar-refractivity contribution >= 4 is 11.4 Å². The Bertz CT molecular complexity index is 509. The van der Waals surface area contributed by atoms with Gasteiger partial charge in [0.05, 0.1) is 6.61 Å². The number of hydrogen-bond donors (Lipinski definition) is 3. The van der Waals surface area contributed by atoms with Gasteiger partial charge in [-0.3, -0.25) is 0 Å². The van der Waals surface area contributed by atoms with E-state index in [1.54, 1.807) is 6.07 Å². The Morgan fingerprint density at radius 3 is 2.38 bits per heavy atom. The monoisotopic (exact) mass is 214 g/mol. The summed E-state index contributed by atoms with van der Waals surface area (Å²) in [5.74, 6) is 0. The van der Waals surface area contributed by atoms with Crippen LogP contribution in [0.4, 0.5) is 11.4 Å². The van der Waals surface area contributed by atoms with Crippen molar-refractivity contribution in [2.75, 3.05) is 11.5 Å². The van der Waals surface area contributed by atoms with Gasteiger partial charge in [0.15, 0.2) is 0 Å². The highest BCUT2D eigenvalue weighted by molar-refractivity contribution is 5.72. The molecule has 2 aromatic rings. The van der Waals surface area contributed by atoms with Gasteiger partial charge >= 0.3 is 0 Å². The first-order chi connectivity index (χ1) is 7.70. The van der Waals surface area contributed by atoms with E-state index in [-0.39, 0.29) is 6.61 Å². The van der Waals surface area contributed by atoms with Crippen LogP contribution < -0.4 is 11.5 Å². The van der Waals surface area contributed by atoms with Crippen molar-refractivity contribution in [2.24, 2.45) is 0 Å². The molecule has 0 fully saturated rings. The van der Waals surface area contributed by atoms with E-state index in [0.717, 1.165) is 16.7 Å². The van der Waals surface area contributed by atoms with E-state index in [4.69, 9.17) is 11.5 Å². The van der Waals surface area contributed by atoms with Gasteiger partial charge in [0.25, 0.3) is 0 Å². The Balaban J connectivity index is 2.55. The predicted octanol–water partition coefficient (Wildman–Crippen LogP) is 2.01. The molecule has 0 bridgehead atoms. The first-order valence-electron chi connectivity index (χ1n) is 5.06. The quantitative estimate of drug-likeness (QED) is 0.669. The number of anilines is 2. The summed E-state index contributed by atoms with van der Waals surface area (Å²) in [5.41, 5.74) is 15.5. The predicted molar refractivity (Wildman–Crippen MR) is 66.6 cm³/mol. The molecule has 0 aliphatic heterocycles. The summed E-state index contributed by atoms with van der Waals surface area (Å²) in [6, 6.07) is 13.1.